The Hall–Kier alpha value is -3.34. The Bertz CT molecular complexity index is 1130. The highest BCUT2D eigenvalue weighted by atomic mass is 16.5. The quantitative estimate of drug-likeness (QED) is 0.445. The predicted molar refractivity (Wildman–Crippen MR) is 112 cm³/mol. The summed E-state index contributed by atoms with van der Waals surface area (Å²) in [5.74, 6) is 0.384. The summed E-state index contributed by atoms with van der Waals surface area (Å²) in [6.07, 6.45) is 0. The number of esters is 1. The van der Waals surface area contributed by atoms with Crippen LogP contribution in [0.3, 0.4) is 0 Å². The van der Waals surface area contributed by atoms with E-state index in [2.05, 4.69) is 24.8 Å². The molecule has 2 aromatic heterocycles. The van der Waals surface area contributed by atoms with Gasteiger partial charge in [0.25, 0.3) is 0 Å². The highest BCUT2D eigenvalue weighted by Crippen LogP contribution is 2.35. The zero-order chi connectivity index (χ0) is 19.7. The zero-order valence-corrected chi connectivity index (χ0v) is 16.2. The lowest BCUT2D eigenvalue weighted by atomic mass is 10.1. The van der Waals surface area contributed by atoms with Crippen LogP contribution in [0.1, 0.15) is 24.2 Å². The lowest BCUT2D eigenvalue weighted by Crippen LogP contribution is -2.22. The molecule has 0 atom stereocenters. The fourth-order valence-electron chi connectivity index (χ4n) is 3.50. The Kier molecular flexibility index (Phi) is 4.74. The zero-order valence-electron chi connectivity index (χ0n) is 16.2. The first kappa shape index (κ1) is 18.0. The van der Waals surface area contributed by atoms with E-state index < -0.39 is 0 Å². The molecular weight excluding hydrogens is 352 g/mol. The van der Waals surface area contributed by atoms with Gasteiger partial charge >= 0.3 is 5.97 Å². The van der Waals surface area contributed by atoms with E-state index in [9.17, 15) is 4.79 Å². The molecule has 0 fully saturated rings. The number of aromatic nitrogens is 1. The number of nitrogens with zero attached hydrogens (tertiary/aromatic N) is 2. The van der Waals surface area contributed by atoms with E-state index in [0.717, 1.165) is 52.1 Å². The first-order chi connectivity index (χ1) is 13.6. The van der Waals surface area contributed by atoms with Crippen LogP contribution in [0.15, 0.2) is 59.0 Å². The minimum absolute atomic E-state index is 0.354. The summed E-state index contributed by atoms with van der Waals surface area (Å²) >= 11 is 0. The molecule has 0 saturated carbocycles. The van der Waals surface area contributed by atoms with Gasteiger partial charge in [-0.3, -0.25) is 0 Å². The summed E-state index contributed by atoms with van der Waals surface area (Å²) in [6.45, 7) is 5.91. The SMILES string of the molecule is CCN(CC)c1cc2cc(C(=O)OC)ccc2nc1-c1cc2ccccc2o1. The van der Waals surface area contributed by atoms with Crippen molar-refractivity contribution in [3.63, 3.8) is 0 Å². The number of carbonyl (C=O) groups is 1. The number of para-hydroxylation sites is 1. The molecule has 0 N–H and O–H groups in total. The van der Waals surface area contributed by atoms with Gasteiger partial charge in [0.05, 0.1) is 23.9 Å². The Balaban J connectivity index is 1.95. The Labute approximate surface area is 163 Å². The van der Waals surface area contributed by atoms with Crippen LogP contribution in [0, 0.1) is 0 Å². The smallest absolute Gasteiger partial charge is 0.337 e. The van der Waals surface area contributed by atoms with Gasteiger partial charge in [-0.1, -0.05) is 18.2 Å². The number of benzene rings is 2. The molecule has 2 heterocycles. The van der Waals surface area contributed by atoms with E-state index in [1.165, 1.54) is 7.11 Å². The van der Waals surface area contributed by atoms with Gasteiger partial charge in [0.2, 0.25) is 0 Å². The van der Waals surface area contributed by atoms with Gasteiger partial charge in [-0.25, -0.2) is 9.78 Å². The third-order valence-electron chi connectivity index (χ3n) is 4.98. The fourth-order valence-corrected chi connectivity index (χ4v) is 3.50. The highest BCUT2D eigenvalue weighted by molar-refractivity contribution is 5.97. The Morgan fingerprint density at radius 1 is 1.04 bits per heavy atom. The van der Waals surface area contributed by atoms with E-state index >= 15 is 0 Å². The molecule has 0 radical (unpaired) electrons. The minimum atomic E-state index is -0.354. The van der Waals surface area contributed by atoms with Crippen LogP contribution in [0.25, 0.3) is 33.3 Å². The van der Waals surface area contributed by atoms with Crippen molar-refractivity contribution in [3.05, 3.63) is 60.2 Å². The largest absolute Gasteiger partial charge is 0.465 e. The van der Waals surface area contributed by atoms with Crippen LogP contribution in [0.5, 0.6) is 0 Å². The topological polar surface area (TPSA) is 55.6 Å². The molecule has 4 aromatic rings. The molecule has 5 heteroatoms. The second kappa shape index (κ2) is 7.35. The summed E-state index contributed by atoms with van der Waals surface area (Å²) in [5, 5.41) is 1.94. The summed E-state index contributed by atoms with van der Waals surface area (Å²) in [7, 11) is 1.39. The molecule has 0 spiro atoms. The van der Waals surface area contributed by atoms with E-state index in [-0.39, 0.29) is 5.97 Å². The van der Waals surface area contributed by atoms with Crippen LogP contribution < -0.4 is 4.90 Å². The maximum absolute atomic E-state index is 11.9. The monoisotopic (exact) mass is 374 g/mol. The summed E-state index contributed by atoms with van der Waals surface area (Å²) in [5.41, 5.74) is 3.94. The maximum Gasteiger partial charge on any atom is 0.337 e. The number of furan rings is 1. The van der Waals surface area contributed by atoms with Crippen LogP contribution in [0.4, 0.5) is 5.69 Å². The second-order valence-electron chi connectivity index (χ2n) is 6.58. The number of carbonyl (C=O) groups excluding carboxylic acids is 1. The molecule has 0 aliphatic carbocycles. The molecule has 0 aliphatic heterocycles. The van der Waals surface area contributed by atoms with Crippen LogP contribution in [-0.4, -0.2) is 31.2 Å². The van der Waals surface area contributed by atoms with E-state index in [1.54, 1.807) is 6.07 Å². The minimum Gasteiger partial charge on any atom is -0.465 e. The molecule has 5 nitrogen and oxygen atoms in total. The van der Waals surface area contributed by atoms with Crippen LogP contribution >= 0.6 is 0 Å². The van der Waals surface area contributed by atoms with Gasteiger partial charge in [0.1, 0.15) is 11.3 Å². The van der Waals surface area contributed by atoms with Crippen molar-refractivity contribution in [1.82, 2.24) is 4.98 Å². The van der Waals surface area contributed by atoms with Crippen molar-refractivity contribution < 1.29 is 13.9 Å². The number of hydrogen-bond donors (Lipinski definition) is 0. The van der Waals surface area contributed by atoms with E-state index in [1.807, 2.05) is 42.5 Å². The number of hydrogen-bond acceptors (Lipinski definition) is 5. The average Bonchev–Trinajstić information content (AvgIpc) is 3.17. The number of rotatable bonds is 5. The standard InChI is InChI=1S/C23H22N2O3/c1-4-25(5-2)19-13-17-12-16(23(26)27-3)10-11-18(17)24-22(19)21-14-15-8-6-7-9-20(15)28-21/h6-14H,4-5H2,1-3H3. The summed E-state index contributed by atoms with van der Waals surface area (Å²) in [6, 6.07) is 17.5. The first-order valence-electron chi connectivity index (χ1n) is 9.41. The summed E-state index contributed by atoms with van der Waals surface area (Å²) < 4.78 is 10.9. The molecule has 0 aliphatic rings. The van der Waals surface area contributed by atoms with Crippen molar-refractivity contribution in [3.8, 4) is 11.5 Å². The van der Waals surface area contributed by atoms with Gasteiger partial charge in [-0.05, 0) is 50.2 Å². The number of ether oxygens (including phenoxy) is 1. The van der Waals surface area contributed by atoms with Crippen molar-refractivity contribution >= 4 is 33.5 Å². The molecule has 2 aromatic carbocycles. The van der Waals surface area contributed by atoms with Crippen LogP contribution in [0.2, 0.25) is 0 Å². The van der Waals surface area contributed by atoms with Gasteiger partial charge < -0.3 is 14.1 Å². The molecule has 28 heavy (non-hydrogen) atoms. The number of fused-ring (bicyclic) bond motifs is 2. The van der Waals surface area contributed by atoms with E-state index in [4.69, 9.17) is 14.1 Å². The highest BCUT2D eigenvalue weighted by Gasteiger charge is 2.18. The lowest BCUT2D eigenvalue weighted by molar-refractivity contribution is 0.0601. The number of pyridine rings is 1. The Morgan fingerprint density at radius 2 is 1.82 bits per heavy atom. The average molecular weight is 374 g/mol. The van der Waals surface area contributed by atoms with Gasteiger partial charge in [0.15, 0.2) is 5.76 Å². The molecule has 0 saturated heterocycles. The predicted octanol–water partition coefficient (Wildman–Crippen LogP) is 5.28. The normalized spacial score (nSPS) is 11.1. The molecule has 0 unspecified atom stereocenters. The van der Waals surface area contributed by atoms with Gasteiger partial charge in [-0.2, -0.15) is 0 Å². The molecule has 0 amide bonds. The third-order valence-corrected chi connectivity index (χ3v) is 4.98. The molecule has 0 bridgehead atoms. The van der Waals surface area contributed by atoms with Crippen molar-refractivity contribution in [2.45, 2.75) is 13.8 Å². The van der Waals surface area contributed by atoms with Crippen molar-refractivity contribution in [2.24, 2.45) is 0 Å². The van der Waals surface area contributed by atoms with Crippen molar-refractivity contribution in [1.29, 1.82) is 0 Å². The molecule has 142 valence electrons. The van der Waals surface area contributed by atoms with Crippen LogP contribution in [-0.2, 0) is 4.74 Å². The van der Waals surface area contributed by atoms with Gasteiger partial charge in [-0.15, -0.1) is 0 Å². The fraction of sp³-hybridized carbons (Fsp3) is 0.217. The molecular formula is C23H22N2O3. The molecule has 4 rings (SSSR count). The Morgan fingerprint density at radius 3 is 2.54 bits per heavy atom. The van der Waals surface area contributed by atoms with E-state index in [0.29, 0.717) is 5.56 Å². The maximum atomic E-state index is 11.9. The second-order valence-corrected chi connectivity index (χ2v) is 6.58. The third kappa shape index (κ3) is 3.09. The lowest BCUT2D eigenvalue weighted by Gasteiger charge is -2.23. The van der Waals surface area contributed by atoms with Gasteiger partial charge in [0, 0.05) is 23.9 Å². The number of anilines is 1. The van der Waals surface area contributed by atoms with Crippen molar-refractivity contribution in [2.75, 3.05) is 25.1 Å². The summed E-state index contributed by atoms with van der Waals surface area (Å²) in [4.78, 5) is 19.0. The first-order valence-corrected chi connectivity index (χ1v) is 9.41. The number of methoxy groups -OCH3 is 1.